The van der Waals surface area contributed by atoms with Crippen LogP contribution in [0.15, 0.2) is 24.3 Å². The molecule has 0 spiro atoms. The van der Waals surface area contributed by atoms with E-state index < -0.39 is 11.7 Å². The van der Waals surface area contributed by atoms with Gasteiger partial charge in [0.05, 0.1) is 5.56 Å². The minimum atomic E-state index is -4.30. The van der Waals surface area contributed by atoms with Crippen LogP contribution in [0.5, 0.6) is 0 Å². The molecule has 0 unspecified atom stereocenters. The first-order chi connectivity index (χ1) is 9.95. The van der Waals surface area contributed by atoms with Crippen molar-refractivity contribution in [2.75, 3.05) is 6.54 Å². The number of carbonyl (C=O) groups excluding carboxylic acids is 1. The fourth-order valence-corrected chi connectivity index (χ4v) is 2.76. The van der Waals surface area contributed by atoms with E-state index in [9.17, 15) is 18.0 Å². The van der Waals surface area contributed by atoms with E-state index in [0.717, 1.165) is 30.5 Å². The lowest BCUT2D eigenvalue weighted by atomic mass is 10.0. The van der Waals surface area contributed by atoms with Crippen LogP contribution < -0.4 is 5.32 Å². The van der Waals surface area contributed by atoms with Gasteiger partial charge in [-0.1, -0.05) is 25.0 Å². The van der Waals surface area contributed by atoms with Crippen molar-refractivity contribution in [3.8, 4) is 0 Å². The Hall–Kier alpha value is -1.52. The highest BCUT2D eigenvalue weighted by molar-refractivity contribution is 5.76. The normalized spacial score (nSPS) is 16.1. The molecule has 1 aliphatic carbocycles. The van der Waals surface area contributed by atoms with Gasteiger partial charge in [-0.15, -0.1) is 0 Å². The van der Waals surface area contributed by atoms with E-state index in [0.29, 0.717) is 25.3 Å². The predicted octanol–water partition coefficient (Wildman–Crippen LogP) is 3.94. The number of rotatable bonds is 5. The van der Waals surface area contributed by atoms with E-state index in [2.05, 4.69) is 5.32 Å². The van der Waals surface area contributed by atoms with Crippen LogP contribution in [0.2, 0.25) is 0 Å². The molecule has 0 radical (unpaired) electrons. The number of halogens is 3. The summed E-state index contributed by atoms with van der Waals surface area (Å²) in [7, 11) is 0. The van der Waals surface area contributed by atoms with Gasteiger partial charge in [-0.05, 0) is 42.9 Å². The highest BCUT2D eigenvalue weighted by atomic mass is 19.4. The van der Waals surface area contributed by atoms with Crippen molar-refractivity contribution in [3.05, 3.63) is 35.4 Å². The van der Waals surface area contributed by atoms with Crippen molar-refractivity contribution in [1.29, 1.82) is 0 Å². The zero-order chi connectivity index (χ0) is 15.3. The monoisotopic (exact) mass is 299 g/mol. The van der Waals surface area contributed by atoms with E-state index in [1.54, 1.807) is 0 Å². The quantitative estimate of drug-likeness (QED) is 0.876. The van der Waals surface area contributed by atoms with Gasteiger partial charge >= 0.3 is 6.18 Å². The minimum absolute atomic E-state index is 0.0498. The van der Waals surface area contributed by atoms with Gasteiger partial charge in [0.15, 0.2) is 0 Å². The molecule has 0 bridgehead atoms. The van der Waals surface area contributed by atoms with Crippen molar-refractivity contribution in [2.24, 2.45) is 5.92 Å². The van der Waals surface area contributed by atoms with Crippen LogP contribution in [0.25, 0.3) is 0 Å². The zero-order valence-corrected chi connectivity index (χ0v) is 11.9. The predicted molar refractivity (Wildman–Crippen MR) is 74.7 cm³/mol. The lowest BCUT2D eigenvalue weighted by Gasteiger charge is -2.10. The topological polar surface area (TPSA) is 29.1 Å². The molecule has 5 heteroatoms. The summed E-state index contributed by atoms with van der Waals surface area (Å²) in [6, 6.07) is 5.09. The average molecular weight is 299 g/mol. The molecule has 1 saturated carbocycles. The number of nitrogens with one attached hydrogen (secondary N) is 1. The molecule has 1 fully saturated rings. The van der Waals surface area contributed by atoms with E-state index in [4.69, 9.17) is 0 Å². The molecule has 1 N–H and O–H groups in total. The lowest BCUT2D eigenvalue weighted by molar-refractivity contribution is -0.137. The summed E-state index contributed by atoms with van der Waals surface area (Å²) in [5, 5.41) is 2.84. The average Bonchev–Trinajstić information content (AvgIpc) is 2.91. The summed E-state index contributed by atoms with van der Waals surface area (Å²) < 4.78 is 37.2. The Bertz CT molecular complexity index is 461. The zero-order valence-electron chi connectivity index (χ0n) is 11.9. The third kappa shape index (κ3) is 5.06. The van der Waals surface area contributed by atoms with E-state index in [1.165, 1.54) is 25.0 Å². The van der Waals surface area contributed by atoms with Crippen molar-refractivity contribution < 1.29 is 18.0 Å². The summed E-state index contributed by atoms with van der Waals surface area (Å²) in [5.41, 5.74) is 0.153. The molecule has 1 aromatic rings. The fourth-order valence-electron chi connectivity index (χ4n) is 2.76. The summed E-state index contributed by atoms with van der Waals surface area (Å²) in [6.45, 7) is 0.469. The molecular formula is C16H20F3NO. The standard InChI is InChI=1S/C16H20F3NO/c17-16(18,19)14-7-5-12(6-8-14)9-10-20-15(21)11-13-3-1-2-4-13/h5-8,13H,1-4,9-11H2,(H,20,21). The molecule has 2 rings (SSSR count). The maximum atomic E-state index is 12.4. The first-order valence-corrected chi connectivity index (χ1v) is 7.38. The van der Waals surface area contributed by atoms with Crippen molar-refractivity contribution in [2.45, 2.75) is 44.7 Å². The second-order valence-corrected chi connectivity index (χ2v) is 5.65. The third-order valence-corrected chi connectivity index (χ3v) is 3.97. The van der Waals surface area contributed by atoms with Gasteiger partial charge in [0, 0.05) is 13.0 Å². The molecule has 1 aliphatic rings. The van der Waals surface area contributed by atoms with Crippen LogP contribution in [0.1, 0.15) is 43.2 Å². The molecule has 0 saturated heterocycles. The first-order valence-electron chi connectivity index (χ1n) is 7.38. The Morgan fingerprint density at radius 1 is 1.14 bits per heavy atom. The Morgan fingerprint density at radius 3 is 2.33 bits per heavy atom. The van der Waals surface area contributed by atoms with Crippen LogP contribution in [0.3, 0.4) is 0 Å². The van der Waals surface area contributed by atoms with Crippen LogP contribution >= 0.6 is 0 Å². The number of hydrogen-bond acceptors (Lipinski definition) is 1. The van der Waals surface area contributed by atoms with Gasteiger partial charge in [0.25, 0.3) is 0 Å². The second kappa shape index (κ2) is 6.96. The fraction of sp³-hybridized carbons (Fsp3) is 0.562. The van der Waals surface area contributed by atoms with Gasteiger partial charge in [0.2, 0.25) is 5.91 Å². The summed E-state index contributed by atoms with van der Waals surface area (Å²) in [6.07, 6.45) is 1.52. The first kappa shape index (κ1) is 15.9. The summed E-state index contributed by atoms with van der Waals surface area (Å²) in [4.78, 5) is 11.7. The Labute approximate surface area is 122 Å². The highest BCUT2D eigenvalue weighted by Crippen LogP contribution is 2.29. The van der Waals surface area contributed by atoms with Crippen LogP contribution in [0, 0.1) is 5.92 Å². The van der Waals surface area contributed by atoms with Gasteiger partial charge in [0.1, 0.15) is 0 Å². The molecule has 0 heterocycles. The van der Waals surface area contributed by atoms with Gasteiger partial charge in [-0.25, -0.2) is 0 Å². The highest BCUT2D eigenvalue weighted by Gasteiger charge is 2.29. The Morgan fingerprint density at radius 2 is 1.76 bits per heavy atom. The number of hydrogen-bond donors (Lipinski definition) is 1. The van der Waals surface area contributed by atoms with E-state index in [1.807, 2.05) is 0 Å². The number of amides is 1. The van der Waals surface area contributed by atoms with Crippen molar-refractivity contribution in [1.82, 2.24) is 5.32 Å². The summed E-state index contributed by atoms with van der Waals surface area (Å²) >= 11 is 0. The molecule has 116 valence electrons. The molecular weight excluding hydrogens is 279 g/mol. The molecule has 0 aromatic heterocycles. The van der Waals surface area contributed by atoms with Crippen LogP contribution in [0.4, 0.5) is 13.2 Å². The summed E-state index contributed by atoms with van der Waals surface area (Å²) in [5.74, 6) is 0.560. The van der Waals surface area contributed by atoms with E-state index in [-0.39, 0.29) is 5.91 Å². The van der Waals surface area contributed by atoms with Crippen molar-refractivity contribution >= 4 is 5.91 Å². The SMILES string of the molecule is O=C(CC1CCCC1)NCCc1ccc(C(F)(F)F)cc1. The molecule has 2 nitrogen and oxygen atoms in total. The molecule has 1 aromatic carbocycles. The second-order valence-electron chi connectivity index (χ2n) is 5.65. The van der Waals surface area contributed by atoms with Gasteiger partial charge < -0.3 is 5.32 Å². The number of carbonyl (C=O) groups is 1. The number of alkyl halides is 3. The molecule has 21 heavy (non-hydrogen) atoms. The number of benzene rings is 1. The van der Waals surface area contributed by atoms with Crippen molar-refractivity contribution in [3.63, 3.8) is 0 Å². The minimum Gasteiger partial charge on any atom is -0.356 e. The van der Waals surface area contributed by atoms with Crippen LogP contribution in [-0.4, -0.2) is 12.5 Å². The van der Waals surface area contributed by atoms with E-state index >= 15 is 0 Å². The molecule has 0 aliphatic heterocycles. The van der Waals surface area contributed by atoms with Gasteiger partial charge in [-0.3, -0.25) is 4.79 Å². The van der Waals surface area contributed by atoms with Crippen LogP contribution in [-0.2, 0) is 17.4 Å². The Balaban J connectivity index is 1.71. The van der Waals surface area contributed by atoms with Gasteiger partial charge in [-0.2, -0.15) is 13.2 Å². The third-order valence-electron chi connectivity index (χ3n) is 3.97. The maximum absolute atomic E-state index is 12.4. The maximum Gasteiger partial charge on any atom is 0.416 e. The lowest BCUT2D eigenvalue weighted by Crippen LogP contribution is -2.27. The molecule has 1 amide bonds. The largest absolute Gasteiger partial charge is 0.416 e. The molecule has 0 atom stereocenters. The Kier molecular flexibility index (Phi) is 5.26. The smallest absolute Gasteiger partial charge is 0.356 e.